The van der Waals surface area contributed by atoms with Crippen LogP contribution in [0, 0.1) is 5.82 Å². The number of ether oxygens (including phenoxy) is 1. The lowest BCUT2D eigenvalue weighted by molar-refractivity contribution is 0.299. The molecule has 0 aliphatic heterocycles. The second-order valence-electron chi connectivity index (χ2n) is 3.47. The Bertz CT molecular complexity index is 513. The molecule has 1 aromatic heterocycles. The van der Waals surface area contributed by atoms with E-state index in [1.807, 2.05) is 0 Å². The van der Waals surface area contributed by atoms with Crippen LogP contribution in [0.1, 0.15) is 5.69 Å². The van der Waals surface area contributed by atoms with Gasteiger partial charge in [0.2, 0.25) is 0 Å². The summed E-state index contributed by atoms with van der Waals surface area (Å²) in [6.07, 6.45) is 1.61. The lowest BCUT2D eigenvalue weighted by Gasteiger charge is -2.06. The van der Waals surface area contributed by atoms with Gasteiger partial charge in [0.15, 0.2) is 0 Å². The minimum absolute atomic E-state index is 0.251. The van der Waals surface area contributed by atoms with E-state index in [0.717, 1.165) is 0 Å². The minimum Gasteiger partial charge on any atom is -0.487 e. The van der Waals surface area contributed by atoms with Crippen molar-refractivity contribution in [3.63, 3.8) is 0 Å². The molecule has 3 nitrogen and oxygen atoms in total. The van der Waals surface area contributed by atoms with Gasteiger partial charge in [-0.1, -0.05) is 15.9 Å². The SMILES string of the molecule is Nc1ccnc(COc2cc(F)cc(Br)c2)c1. The molecule has 0 bridgehead atoms. The van der Waals surface area contributed by atoms with Crippen LogP contribution in [0.4, 0.5) is 10.1 Å². The summed E-state index contributed by atoms with van der Waals surface area (Å²) >= 11 is 3.20. The molecule has 0 atom stereocenters. The molecule has 0 saturated heterocycles. The van der Waals surface area contributed by atoms with Crippen LogP contribution in [-0.2, 0) is 6.61 Å². The molecule has 88 valence electrons. The van der Waals surface area contributed by atoms with Gasteiger partial charge in [0.1, 0.15) is 18.2 Å². The van der Waals surface area contributed by atoms with E-state index in [4.69, 9.17) is 10.5 Å². The standard InChI is InChI=1S/C12H10BrFN2O/c13-8-3-9(14)5-12(4-8)17-7-11-6-10(15)1-2-16-11/h1-6H,7H2,(H2,15,16). The second kappa shape index (κ2) is 5.14. The van der Waals surface area contributed by atoms with E-state index < -0.39 is 0 Å². The molecule has 0 amide bonds. The van der Waals surface area contributed by atoms with E-state index in [2.05, 4.69) is 20.9 Å². The van der Waals surface area contributed by atoms with Gasteiger partial charge in [-0.25, -0.2) is 4.39 Å². The maximum atomic E-state index is 13.1. The lowest BCUT2D eigenvalue weighted by atomic mass is 10.3. The number of nitrogens with zero attached hydrogens (tertiary/aromatic N) is 1. The van der Waals surface area contributed by atoms with Gasteiger partial charge in [-0.2, -0.15) is 0 Å². The molecule has 0 unspecified atom stereocenters. The van der Waals surface area contributed by atoms with Gasteiger partial charge in [-0.3, -0.25) is 4.98 Å². The predicted octanol–water partition coefficient (Wildman–Crippen LogP) is 3.14. The van der Waals surface area contributed by atoms with Gasteiger partial charge in [-0.05, 0) is 24.3 Å². The van der Waals surface area contributed by atoms with Crippen molar-refractivity contribution >= 4 is 21.6 Å². The molecule has 5 heteroatoms. The molecule has 0 spiro atoms. The highest BCUT2D eigenvalue weighted by molar-refractivity contribution is 9.10. The number of hydrogen-bond donors (Lipinski definition) is 1. The van der Waals surface area contributed by atoms with Gasteiger partial charge in [0.25, 0.3) is 0 Å². The fraction of sp³-hybridized carbons (Fsp3) is 0.0833. The van der Waals surface area contributed by atoms with Crippen LogP contribution in [0.2, 0.25) is 0 Å². The average Bonchev–Trinajstić information content (AvgIpc) is 2.25. The van der Waals surface area contributed by atoms with Gasteiger partial charge >= 0.3 is 0 Å². The molecule has 2 N–H and O–H groups in total. The largest absolute Gasteiger partial charge is 0.487 e. The third-order valence-electron chi connectivity index (χ3n) is 2.06. The number of benzene rings is 1. The molecule has 0 fully saturated rings. The van der Waals surface area contributed by atoms with Crippen molar-refractivity contribution in [2.75, 3.05) is 5.73 Å². The zero-order chi connectivity index (χ0) is 12.3. The Morgan fingerprint density at radius 2 is 2.12 bits per heavy atom. The van der Waals surface area contributed by atoms with Crippen molar-refractivity contribution in [2.24, 2.45) is 0 Å². The van der Waals surface area contributed by atoms with Crippen molar-refractivity contribution < 1.29 is 9.13 Å². The Morgan fingerprint density at radius 3 is 2.82 bits per heavy atom. The highest BCUT2D eigenvalue weighted by atomic mass is 79.9. The molecule has 0 saturated carbocycles. The molecule has 17 heavy (non-hydrogen) atoms. The van der Waals surface area contributed by atoms with Crippen LogP contribution in [-0.4, -0.2) is 4.98 Å². The summed E-state index contributed by atoms with van der Waals surface area (Å²) in [6.45, 7) is 0.251. The topological polar surface area (TPSA) is 48.1 Å². The van der Waals surface area contributed by atoms with E-state index in [9.17, 15) is 4.39 Å². The number of aromatic nitrogens is 1. The highest BCUT2D eigenvalue weighted by Crippen LogP contribution is 2.21. The summed E-state index contributed by atoms with van der Waals surface area (Å²) in [7, 11) is 0. The second-order valence-corrected chi connectivity index (χ2v) is 4.39. The Hall–Kier alpha value is -1.62. The van der Waals surface area contributed by atoms with Gasteiger partial charge < -0.3 is 10.5 Å². The van der Waals surface area contributed by atoms with Gasteiger partial charge in [-0.15, -0.1) is 0 Å². The first kappa shape index (κ1) is 11.9. The lowest BCUT2D eigenvalue weighted by Crippen LogP contribution is -1.99. The quantitative estimate of drug-likeness (QED) is 0.946. The zero-order valence-corrected chi connectivity index (χ0v) is 10.4. The summed E-state index contributed by atoms with van der Waals surface area (Å²) in [5.74, 6) is 0.0935. The van der Waals surface area contributed by atoms with Crippen LogP contribution in [0.15, 0.2) is 41.0 Å². The predicted molar refractivity (Wildman–Crippen MR) is 67.1 cm³/mol. The third kappa shape index (κ3) is 3.42. The maximum Gasteiger partial charge on any atom is 0.130 e. The Kier molecular flexibility index (Phi) is 3.58. The molecule has 0 aliphatic rings. The van der Waals surface area contributed by atoms with Crippen molar-refractivity contribution in [3.8, 4) is 5.75 Å². The van der Waals surface area contributed by atoms with Crippen LogP contribution >= 0.6 is 15.9 Å². The number of hydrogen-bond acceptors (Lipinski definition) is 3. The molecule has 2 rings (SSSR count). The van der Waals surface area contributed by atoms with Crippen LogP contribution in [0.5, 0.6) is 5.75 Å². The number of halogens is 2. The number of anilines is 1. The van der Waals surface area contributed by atoms with E-state index in [1.54, 1.807) is 24.4 Å². The number of rotatable bonds is 3. The Labute approximate surface area is 107 Å². The number of pyridine rings is 1. The fourth-order valence-corrected chi connectivity index (χ4v) is 1.79. The number of nitrogens with two attached hydrogens (primary N) is 1. The molecular formula is C12H10BrFN2O. The molecule has 2 aromatic rings. The minimum atomic E-state index is -0.352. The monoisotopic (exact) mass is 296 g/mol. The summed E-state index contributed by atoms with van der Waals surface area (Å²) < 4.78 is 19.1. The first-order valence-electron chi connectivity index (χ1n) is 4.93. The average molecular weight is 297 g/mol. The van der Waals surface area contributed by atoms with Crippen molar-refractivity contribution in [1.82, 2.24) is 4.98 Å². The van der Waals surface area contributed by atoms with Crippen LogP contribution in [0.3, 0.4) is 0 Å². The van der Waals surface area contributed by atoms with Gasteiger partial charge in [0, 0.05) is 22.4 Å². The van der Waals surface area contributed by atoms with E-state index >= 15 is 0 Å². The van der Waals surface area contributed by atoms with Gasteiger partial charge in [0.05, 0.1) is 5.69 Å². The van der Waals surface area contributed by atoms with E-state index in [0.29, 0.717) is 21.6 Å². The summed E-state index contributed by atoms with van der Waals surface area (Å²) in [5.41, 5.74) is 6.94. The molecule has 0 radical (unpaired) electrons. The van der Waals surface area contributed by atoms with Crippen LogP contribution < -0.4 is 10.5 Å². The van der Waals surface area contributed by atoms with E-state index in [1.165, 1.54) is 12.1 Å². The molecule has 1 aromatic carbocycles. The molecular weight excluding hydrogens is 287 g/mol. The molecule has 1 heterocycles. The normalized spacial score (nSPS) is 10.2. The summed E-state index contributed by atoms with van der Waals surface area (Å²) in [6, 6.07) is 7.79. The van der Waals surface area contributed by atoms with E-state index in [-0.39, 0.29) is 12.4 Å². The smallest absolute Gasteiger partial charge is 0.130 e. The zero-order valence-electron chi connectivity index (χ0n) is 8.86. The highest BCUT2D eigenvalue weighted by Gasteiger charge is 2.01. The Morgan fingerprint density at radius 1 is 1.29 bits per heavy atom. The number of nitrogen functional groups attached to an aromatic ring is 1. The third-order valence-corrected chi connectivity index (χ3v) is 2.52. The van der Waals surface area contributed by atoms with Crippen LogP contribution in [0.25, 0.3) is 0 Å². The summed E-state index contributed by atoms with van der Waals surface area (Å²) in [4.78, 5) is 4.09. The first-order valence-corrected chi connectivity index (χ1v) is 5.72. The van der Waals surface area contributed by atoms with Crippen molar-refractivity contribution in [3.05, 3.63) is 52.5 Å². The maximum absolute atomic E-state index is 13.1. The fourth-order valence-electron chi connectivity index (χ4n) is 1.34. The molecule has 0 aliphatic carbocycles. The van der Waals surface area contributed by atoms with Crippen molar-refractivity contribution in [2.45, 2.75) is 6.61 Å². The first-order chi connectivity index (χ1) is 8.13. The van der Waals surface area contributed by atoms with Crippen molar-refractivity contribution in [1.29, 1.82) is 0 Å². The Balaban J connectivity index is 2.07. The summed E-state index contributed by atoms with van der Waals surface area (Å²) in [5, 5.41) is 0.